The summed E-state index contributed by atoms with van der Waals surface area (Å²) in [5, 5.41) is 3.35. The first-order valence-electron chi connectivity index (χ1n) is 6.09. The highest BCUT2D eigenvalue weighted by molar-refractivity contribution is 5.51. The van der Waals surface area contributed by atoms with E-state index in [-0.39, 0.29) is 17.2 Å². The molecule has 0 fully saturated rings. The second-order valence-electron chi connectivity index (χ2n) is 4.17. The van der Waals surface area contributed by atoms with Gasteiger partial charge in [-0.2, -0.15) is 13.2 Å². The van der Waals surface area contributed by atoms with Crippen LogP contribution in [0.5, 0.6) is 17.2 Å². The van der Waals surface area contributed by atoms with Crippen molar-refractivity contribution in [2.45, 2.75) is 6.18 Å². The Morgan fingerprint density at radius 1 is 1.00 bits per heavy atom. The number of rotatable bonds is 5. The molecule has 0 aliphatic rings. The van der Waals surface area contributed by atoms with Crippen LogP contribution in [-0.4, -0.2) is 12.8 Å². The molecule has 0 aliphatic heterocycles. The van der Waals surface area contributed by atoms with Gasteiger partial charge in [0.15, 0.2) is 6.61 Å². The van der Waals surface area contributed by atoms with Crippen LogP contribution >= 0.6 is 0 Å². The Morgan fingerprint density at radius 2 is 1.68 bits per heavy atom. The Bertz CT molecular complexity index is 683. The van der Waals surface area contributed by atoms with E-state index >= 15 is 0 Å². The number of para-hydroxylation sites is 1. The Labute approximate surface area is 123 Å². The van der Waals surface area contributed by atoms with Gasteiger partial charge in [0.1, 0.15) is 17.2 Å². The van der Waals surface area contributed by atoms with Gasteiger partial charge in [0.25, 0.3) is 0 Å². The summed E-state index contributed by atoms with van der Waals surface area (Å²) < 4.78 is 46.7. The second-order valence-corrected chi connectivity index (χ2v) is 4.17. The molecule has 0 radical (unpaired) electrons. The zero-order valence-electron chi connectivity index (χ0n) is 11.1. The molecular formula is C14H10F3N3O2. The number of nitrogens with zero attached hydrogens (tertiary/aromatic N) is 3. The topological polar surface area (TPSA) is 67.2 Å². The number of benzene rings is 2. The Morgan fingerprint density at radius 3 is 2.32 bits per heavy atom. The van der Waals surface area contributed by atoms with E-state index in [0.717, 1.165) is 0 Å². The monoisotopic (exact) mass is 309 g/mol. The number of hydrogen-bond donors (Lipinski definition) is 0. The van der Waals surface area contributed by atoms with Gasteiger partial charge in [-0.25, -0.2) is 0 Å². The molecule has 0 aliphatic carbocycles. The first-order valence-corrected chi connectivity index (χ1v) is 6.09. The first kappa shape index (κ1) is 15.5. The van der Waals surface area contributed by atoms with Crippen LogP contribution in [0.3, 0.4) is 0 Å². The minimum atomic E-state index is -4.46. The molecular weight excluding hydrogens is 299 g/mol. The van der Waals surface area contributed by atoms with E-state index in [2.05, 4.69) is 14.8 Å². The van der Waals surface area contributed by atoms with Gasteiger partial charge in [0.05, 0.1) is 0 Å². The molecule has 0 atom stereocenters. The second kappa shape index (κ2) is 6.73. The third kappa shape index (κ3) is 4.92. The molecule has 0 bridgehead atoms. The highest BCUT2D eigenvalue weighted by atomic mass is 19.4. The summed E-state index contributed by atoms with van der Waals surface area (Å²) in [4.78, 5) is 2.60. The molecule has 0 unspecified atom stereocenters. The zero-order chi connectivity index (χ0) is 16.0. The maximum Gasteiger partial charge on any atom is 0.422 e. The maximum atomic E-state index is 12.2. The van der Waals surface area contributed by atoms with Crippen molar-refractivity contribution in [3.63, 3.8) is 0 Å². The predicted molar refractivity (Wildman–Crippen MR) is 73.3 cm³/mol. The van der Waals surface area contributed by atoms with Crippen molar-refractivity contribution in [3.8, 4) is 17.2 Å². The van der Waals surface area contributed by atoms with Gasteiger partial charge < -0.3 is 9.47 Å². The normalized spacial score (nSPS) is 10.7. The zero-order valence-corrected chi connectivity index (χ0v) is 11.1. The summed E-state index contributed by atoms with van der Waals surface area (Å²) in [5.41, 5.74) is 8.54. The number of ether oxygens (including phenoxy) is 2. The van der Waals surface area contributed by atoms with Gasteiger partial charge in [0, 0.05) is 16.7 Å². The highest BCUT2D eigenvalue weighted by Crippen LogP contribution is 2.32. The van der Waals surface area contributed by atoms with E-state index in [1.165, 1.54) is 18.2 Å². The van der Waals surface area contributed by atoms with Crippen molar-refractivity contribution in [2.75, 3.05) is 6.61 Å². The Balaban J connectivity index is 2.25. The van der Waals surface area contributed by atoms with Gasteiger partial charge in [-0.15, -0.1) is 0 Å². The molecule has 0 saturated heterocycles. The van der Waals surface area contributed by atoms with Crippen LogP contribution in [0.2, 0.25) is 0 Å². The van der Waals surface area contributed by atoms with Crippen LogP contribution < -0.4 is 9.47 Å². The smallest absolute Gasteiger partial charge is 0.422 e. The quantitative estimate of drug-likeness (QED) is 0.424. The highest BCUT2D eigenvalue weighted by Gasteiger charge is 2.28. The molecule has 8 heteroatoms. The van der Waals surface area contributed by atoms with Crippen molar-refractivity contribution >= 4 is 5.69 Å². The lowest BCUT2D eigenvalue weighted by Gasteiger charge is -2.12. The summed E-state index contributed by atoms with van der Waals surface area (Å²) >= 11 is 0. The molecule has 2 aromatic carbocycles. The van der Waals surface area contributed by atoms with Gasteiger partial charge >= 0.3 is 6.18 Å². The van der Waals surface area contributed by atoms with E-state index in [4.69, 9.17) is 10.3 Å². The summed E-state index contributed by atoms with van der Waals surface area (Å²) in [6, 6.07) is 12.5. The fourth-order valence-electron chi connectivity index (χ4n) is 1.60. The molecule has 2 aromatic rings. The number of alkyl halides is 3. The van der Waals surface area contributed by atoms with Crippen molar-refractivity contribution in [2.24, 2.45) is 5.11 Å². The molecule has 22 heavy (non-hydrogen) atoms. The summed E-state index contributed by atoms with van der Waals surface area (Å²) in [7, 11) is 0. The maximum absolute atomic E-state index is 12.2. The minimum Gasteiger partial charge on any atom is -0.484 e. The van der Waals surface area contributed by atoms with Crippen molar-refractivity contribution in [1.29, 1.82) is 0 Å². The van der Waals surface area contributed by atoms with E-state index in [1.54, 1.807) is 30.3 Å². The van der Waals surface area contributed by atoms with Gasteiger partial charge in [-0.1, -0.05) is 23.3 Å². The molecule has 0 heterocycles. The summed E-state index contributed by atoms with van der Waals surface area (Å²) in [5.74, 6) is 0.587. The van der Waals surface area contributed by atoms with Gasteiger partial charge in [-0.05, 0) is 29.8 Å². The lowest BCUT2D eigenvalue weighted by atomic mass is 10.3. The molecule has 0 amide bonds. The SMILES string of the molecule is [N-]=[N+]=Nc1cc(OCC(F)(F)F)cc(Oc2ccccc2)c1. The molecule has 0 aromatic heterocycles. The van der Waals surface area contributed by atoms with Gasteiger partial charge in [0.2, 0.25) is 0 Å². The van der Waals surface area contributed by atoms with Crippen LogP contribution in [0.15, 0.2) is 53.6 Å². The van der Waals surface area contributed by atoms with E-state index in [1.807, 2.05) is 0 Å². The van der Waals surface area contributed by atoms with Crippen LogP contribution in [0.25, 0.3) is 10.4 Å². The van der Waals surface area contributed by atoms with Crippen LogP contribution in [0.1, 0.15) is 0 Å². The fraction of sp³-hybridized carbons (Fsp3) is 0.143. The van der Waals surface area contributed by atoms with Crippen LogP contribution in [-0.2, 0) is 0 Å². The van der Waals surface area contributed by atoms with Crippen molar-refractivity contribution < 1.29 is 22.6 Å². The van der Waals surface area contributed by atoms with E-state index in [9.17, 15) is 13.2 Å². The standard InChI is InChI=1S/C14H10F3N3O2/c15-14(16,17)9-21-12-6-10(19-20-18)7-13(8-12)22-11-4-2-1-3-5-11/h1-8H,9H2. The third-order valence-electron chi connectivity index (χ3n) is 2.41. The Hall–Kier alpha value is -2.86. The number of halogens is 3. The average Bonchev–Trinajstić information content (AvgIpc) is 2.46. The number of hydrogen-bond acceptors (Lipinski definition) is 3. The molecule has 0 spiro atoms. The molecule has 0 N–H and O–H groups in total. The predicted octanol–water partition coefficient (Wildman–Crippen LogP) is 5.36. The first-order chi connectivity index (χ1) is 10.5. The van der Waals surface area contributed by atoms with E-state index < -0.39 is 12.8 Å². The van der Waals surface area contributed by atoms with E-state index in [0.29, 0.717) is 5.75 Å². The summed E-state index contributed by atoms with van der Waals surface area (Å²) in [6.07, 6.45) is -4.46. The molecule has 2 rings (SSSR count). The van der Waals surface area contributed by atoms with Crippen molar-refractivity contribution in [1.82, 2.24) is 0 Å². The fourth-order valence-corrected chi connectivity index (χ4v) is 1.60. The average molecular weight is 309 g/mol. The lowest BCUT2D eigenvalue weighted by molar-refractivity contribution is -0.153. The molecule has 5 nitrogen and oxygen atoms in total. The molecule has 0 saturated carbocycles. The van der Waals surface area contributed by atoms with Gasteiger partial charge in [-0.3, -0.25) is 0 Å². The number of azide groups is 1. The van der Waals surface area contributed by atoms with Crippen molar-refractivity contribution in [3.05, 3.63) is 59.0 Å². The minimum absolute atomic E-state index is 0.0908. The Kier molecular flexibility index (Phi) is 4.75. The third-order valence-corrected chi connectivity index (χ3v) is 2.41. The largest absolute Gasteiger partial charge is 0.484 e. The van der Waals surface area contributed by atoms with Crippen LogP contribution in [0, 0.1) is 0 Å². The summed E-state index contributed by atoms with van der Waals surface area (Å²) in [6.45, 7) is -1.45. The van der Waals surface area contributed by atoms with Crippen LogP contribution in [0.4, 0.5) is 18.9 Å². The lowest BCUT2D eigenvalue weighted by Crippen LogP contribution is -2.19. The molecule has 114 valence electrons.